The van der Waals surface area contributed by atoms with Crippen LogP contribution in [-0.4, -0.2) is 46.8 Å². The average molecular weight is 437 g/mol. The maximum absolute atomic E-state index is 12.2. The molecule has 1 aliphatic carbocycles. The molecule has 0 bridgehead atoms. The van der Waals surface area contributed by atoms with Crippen molar-refractivity contribution >= 4 is 33.4 Å². The Hall–Kier alpha value is -2.24. The minimum absolute atomic E-state index is 0.130. The highest BCUT2D eigenvalue weighted by molar-refractivity contribution is 7.99. The number of nitrogens with zero attached hydrogens (tertiary/aromatic N) is 4. The van der Waals surface area contributed by atoms with Gasteiger partial charge in [0.2, 0.25) is 21.1 Å². The van der Waals surface area contributed by atoms with E-state index in [-0.39, 0.29) is 24.0 Å². The summed E-state index contributed by atoms with van der Waals surface area (Å²) in [4.78, 5) is 12.2. The molecule has 1 aromatic heterocycles. The molecule has 0 spiro atoms. The molecule has 156 valence electrons. The van der Waals surface area contributed by atoms with Crippen molar-refractivity contribution in [3.05, 3.63) is 42.5 Å². The van der Waals surface area contributed by atoms with E-state index < -0.39 is 10.0 Å². The van der Waals surface area contributed by atoms with Crippen LogP contribution in [0.1, 0.15) is 37.3 Å². The Balaban J connectivity index is 1.50. The number of aromatic nitrogens is 4. The molecule has 0 radical (unpaired) electrons. The van der Waals surface area contributed by atoms with Gasteiger partial charge in [0.1, 0.15) is 0 Å². The second kappa shape index (κ2) is 9.99. The van der Waals surface area contributed by atoms with Crippen molar-refractivity contribution in [3.63, 3.8) is 0 Å². The lowest BCUT2D eigenvalue weighted by Gasteiger charge is -2.11. The number of nitrogens with one attached hydrogen (secondary N) is 2. The summed E-state index contributed by atoms with van der Waals surface area (Å²) in [6.07, 6.45) is 5.97. The molecular formula is C18H24N6O3S2. The van der Waals surface area contributed by atoms with Crippen molar-refractivity contribution < 1.29 is 13.2 Å². The highest BCUT2D eigenvalue weighted by atomic mass is 32.2. The third-order valence-corrected chi connectivity index (χ3v) is 6.76. The highest BCUT2D eigenvalue weighted by Crippen LogP contribution is 2.31. The fraction of sp³-hybridized carbons (Fsp3) is 0.444. The molecule has 0 saturated heterocycles. The molecule has 2 aromatic rings. The predicted octanol–water partition coefficient (Wildman–Crippen LogP) is 2.12. The molecule has 1 aromatic carbocycles. The number of carbonyl (C=O) groups is 1. The van der Waals surface area contributed by atoms with Gasteiger partial charge < -0.3 is 5.32 Å². The molecule has 3 rings (SSSR count). The van der Waals surface area contributed by atoms with E-state index >= 15 is 0 Å². The van der Waals surface area contributed by atoms with Crippen LogP contribution < -0.4 is 10.0 Å². The van der Waals surface area contributed by atoms with Crippen LogP contribution in [0.4, 0.5) is 5.69 Å². The van der Waals surface area contributed by atoms with Crippen LogP contribution >= 0.6 is 11.8 Å². The lowest BCUT2D eigenvalue weighted by atomic mass is 10.2. The number of hydrogen-bond donors (Lipinski definition) is 2. The number of hydrogen-bond acceptors (Lipinski definition) is 7. The minimum atomic E-state index is -3.41. The van der Waals surface area contributed by atoms with E-state index in [1.54, 1.807) is 24.3 Å². The summed E-state index contributed by atoms with van der Waals surface area (Å²) < 4.78 is 28.0. The molecule has 0 aliphatic heterocycles. The molecule has 2 N–H and O–H groups in total. The number of anilines is 1. The smallest absolute Gasteiger partial charge is 0.234 e. The summed E-state index contributed by atoms with van der Waals surface area (Å²) in [6, 6.07) is 7.04. The van der Waals surface area contributed by atoms with Crippen molar-refractivity contribution in [3.8, 4) is 0 Å². The molecule has 1 aliphatic rings. The van der Waals surface area contributed by atoms with Crippen molar-refractivity contribution in [2.75, 3.05) is 17.6 Å². The monoisotopic (exact) mass is 436 g/mol. The van der Waals surface area contributed by atoms with E-state index in [2.05, 4.69) is 32.1 Å². The van der Waals surface area contributed by atoms with Gasteiger partial charge >= 0.3 is 0 Å². The van der Waals surface area contributed by atoms with Crippen LogP contribution in [0.25, 0.3) is 0 Å². The van der Waals surface area contributed by atoms with Crippen molar-refractivity contribution in [1.29, 1.82) is 0 Å². The summed E-state index contributed by atoms with van der Waals surface area (Å²) in [7, 11) is -3.41. The van der Waals surface area contributed by atoms with Crippen LogP contribution in [-0.2, 0) is 20.6 Å². The third-order valence-electron chi connectivity index (χ3n) is 4.51. The first-order valence-electron chi connectivity index (χ1n) is 9.34. The highest BCUT2D eigenvalue weighted by Gasteiger charge is 2.22. The van der Waals surface area contributed by atoms with E-state index in [4.69, 9.17) is 0 Å². The molecule has 1 saturated carbocycles. The van der Waals surface area contributed by atoms with Gasteiger partial charge in [-0.3, -0.25) is 4.79 Å². The SMILES string of the molecule is C=CCNS(=O)(=O)Cc1ccc(NC(=O)CSc2nnnn2C2CCCC2)cc1. The van der Waals surface area contributed by atoms with E-state index in [9.17, 15) is 13.2 Å². The Kier molecular flexibility index (Phi) is 7.40. The van der Waals surface area contributed by atoms with E-state index in [1.807, 2.05) is 4.68 Å². The molecule has 1 amide bonds. The van der Waals surface area contributed by atoms with Crippen molar-refractivity contribution in [1.82, 2.24) is 24.9 Å². The standard InChI is InChI=1S/C18H24N6O3S2/c1-2-11-19-29(26,27)13-14-7-9-15(10-8-14)20-17(25)12-28-18-21-22-23-24(18)16-5-3-4-6-16/h2,7-10,16,19H,1,3-6,11-13H2,(H,20,25). The van der Waals surface area contributed by atoms with Gasteiger partial charge in [-0.05, 0) is 41.0 Å². The van der Waals surface area contributed by atoms with Crippen molar-refractivity contribution in [2.24, 2.45) is 0 Å². The van der Waals surface area contributed by atoms with Crippen LogP contribution in [0, 0.1) is 0 Å². The Morgan fingerprint density at radius 1 is 1.28 bits per heavy atom. The molecule has 11 heteroatoms. The average Bonchev–Trinajstić information content (AvgIpc) is 3.37. The van der Waals surface area contributed by atoms with E-state index in [0.29, 0.717) is 22.4 Å². The van der Waals surface area contributed by atoms with Gasteiger partial charge in [0.15, 0.2) is 0 Å². The number of thioether (sulfide) groups is 1. The predicted molar refractivity (Wildman–Crippen MR) is 112 cm³/mol. The Bertz CT molecular complexity index is 937. The van der Waals surface area contributed by atoms with Gasteiger partial charge in [-0.15, -0.1) is 11.7 Å². The number of benzene rings is 1. The zero-order valence-corrected chi connectivity index (χ0v) is 17.6. The number of sulfonamides is 1. The maximum Gasteiger partial charge on any atom is 0.234 e. The Morgan fingerprint density at radius 2 is 2.00 bits per heavy atom. The number of carbonyl (C=O) groups excluding carboxylic acids is 1. The Morgan fingerprint density at radius 3 is 2.69 bits per heavy atom. The molecule has 1 heterocycles. The van der Waals surface area contributed by atoms with Crippen molar-refractivity contribution in [2.45, 2.75) is 42.6 Å². The van der Waals surface area contributed by atoms with Gasteiger partial charge in [-0.25, -0.2) is 17.8 Å². The first-order chi connectivity index (χ1) is 14.0. The van der Waals surface area contributed by atoms with Crippen LogP contribution in [0.15, 0.2) is 42.1 Å². The second-order valence-electron chi connectivity index (χ2n) is 6.77. The zero-order valence-electron chi connectivity index (χ0n) is 16.0. The number of amides is 1. The van der Waals surface area contributed by atoms with Gasteiger partial charge in [0.05, 0.1) is 17.5 Å². The van der Waals surface area contributed by atoms with Gasteiger partial charge in [-0.1, -0.05) is 42.8 Å². The largest absolute Gasteiger partial charge is 0.325 e. The topological polar surface area (TPSA) is 119 Å². The number of rotatable bonds is 10. The van der Waals surface area contributed by atoms with Gasteiger partial charge in [-0.2, -0.15) is 0 Å². The van der Waals surface area contributed by atoms with Gasteiger partial charge in [0, 0.05) is 12.2 Å². The first-order valence-corrected chi connectivity index (χ1v) is 12.0. The normalized spacial score (nSPS) is 14.8. The maximum atomic E-state index is 12.2. The minimum Gasteiger partial charge on any atom is -0.325 e. The molecule has 9 nitrogen and oxygen atoms in total. The lowest BCUT2D eigenvalue weighted by Crippen LogP contribution is -2.25. The second-order valence-corrected chi connectivity index (χ2v) is 9.52. The molecular weight excluding hydrogens is 412 g/mol. The Labute approximate surface area is 174 Å². The van der Waals surface area contributed by atoms with Crippen LogP contribution in [0.5, 0.6) is 0 Å². The summed E-state index contributed by atoms with van der Waals surface area (Å²) >= 11 is 1.31. The van der Waals surface area contributed by atoms with Crippen LogP contribution in [0.2, 0.25) is 0 Å². The fourth-order valence-corrected chi connectivity index (χ4v) is 4.98. The quantitative estimate of drug-likeness (QED) is 0.432. The summed E-state index contributed by atoms with van der Waals surface area (Å²) in [5, 5.41) is 15.3. The first kappa shape index (κ1) is 21.5. The third kappa shape index (κ3) is 6.38. The van der Waals surface area contributed by atoms with Crippen LogP contribution in [0.3, 0.4) is 0 Å². The summed E-state index contributed by atoms with van der Waals surface area (Å²) in [5.41, 5.74) is 1.23. The van der Waals surface area contributed by atoms with E-state index in [0.717, 1.165) is 12.8 Å². The summed E-state index contributed by atoms with van der Waals surface area (Å²) in [6.45, 7) is 3.68. The zero-order chi connectivity index (χ0) is 20.7. The molecule has 29 heavy (non-hydrogen) atoms. The summed E-state index contributed by atoms with van der Waals surface area (Å²) in [5.74, 6) is -0.118. The molecule has 0 unspecified atom stereocenters. The molecule has 0 atom stereocenters. The lowest BCUT2D eigenvalue weighted by molar-refractivity contribution is -0.113. The number of tetrazole rings is 1. The van der Waals surface area contributed by atoms with E-state index in [1.165, 1.54) is 30.7 Å². The molecule has 1 fully saturated rings. The fourth-order valence-electron chi connectivity index (χ4n) is 3.13. The van der Waals surface area contributed by atoms with Gasteiger partial charge in [0.25, 0.3) is 0 Å².